The Hall–Kier alpha value is -2.17. The van der Waals surface area contributed by atoms with Gasteiger partial charge in [0.05, 0.1) is 6.61 Å². The van der Waals surface area contributed by atoms with Gasteiger partial charge in [0.25, 0.3) is 0 Å². The molecule has 0 aliphatic carbocycles. The van der Waals surface area contributed by atoms with Crippen LogP contribution < -0.4 is 0 Å². The standard InChI is InChI=1S/C24H32N2O2/c1-19-17-25(18-20(2)26(19)14-15-28-3)24(27)16-23(21-10-6-4-7-11-21)22-12-8-5-9-13-22/h4-13,19-20,23H,14-18H2,1-3H3. The molecule has 4 nitrogen and oxygen atoms in total. The summed E-state index contributed by atoms with van der Waals surface area (Å²) in [6.45, 7) is 7.62. The van der Waals surface area contributed by atoms with Crippen molar-refractivity contribution in [3.05, 3.63) is 71.8 Å². The molecule has 150 valence electrons. The van der Waals surface area contributed by atoms with Crippen LogP contribution in [0.25, 0.3) is 0 Å². The molecule has 1 fully saturated rings. The van der Waals surface area contributed by atoms with Crippen LogP contribution in [0.3, 0.4) is 0 Å². The van der Waals surface area contributed by atoms with Gasteiger partial charge in [-0.3, -0.25) is 9.69 Å². The monoisotopic (exact) mass is 380 g/mol. The molecule has 0 N–H and O–H groups in total. The van der Waals surface area contributed by atoms with Crippen LogP contribution in [0.2, 0.25) is 0 Å². The Morgan fingerprint density at radius 3 is 1.93 bits per heavy atom. The van der Waals surface area contributed by atoms with Gasteiger partial charge in [-0.2, -0.15) is 0 Å². The third-order valence-electron chi connectivity index (χ3n) is 5.79. The van der Waals surface area contributed by atoms with Crippen LogP contribution in [0.5, 0.6) is 0 Å². The minimum Gasteiger partial charge on any atom is -0.383 e. The van der Waals surface area contributed by atoms with Crippen molar-refractivity contribution in [1.82, 2.24) is 9.80 Å². The van der Waals surface area contributed by atoms with Gasteiger partial charge >= 0.3 is 0 Å². The Balaban J connectivity index is 1.72. The van der Waals surface area contributed by atoms with Crippen LogP contribution in [0, 0.1) is 0 Å². The zero-order valence-electron chi connectivity index (χ0n) is 17.3. The zero-order valence-corrected chi connectivity index (χ0v) is 17.3. The number of carbonyl (C=O) groups is 1. The summed E-state index contributed by atoms with van der Waals surface area (Å²) in [6.07, 6.45) is 0.505. The number of methoxy groups -OCH3 is 1. The Labute approximate surface area is 169 Å². The lowest BCUT2D eigenvalue weighted by atomic mass is 9.88. The third kappa shape index (κ3) is 5.00. The largest absolute Gasteiger partial charge is 0.383 e. The van der Waals surface area contributed by atoms with Crippen molar-refractivity contribution < 1.29 is 9.53 Å². The van der Waals surface area contributed by atoms with Crippen LogP contribution in [0.1, 0.15) is 37.3 Å². The fourth-order valence-electron chi connectivity index (χ4n) is 4.30. The summed E-state index contributed by atoms with van der Waals surface area (Å²) in [7, 11) is 1.74. The van der Waals surface area contributed by atoms with Gasteiger partial charge in [0, 0.05) is 51.2 Å². The Kier molecular flexibility index (Phi) is 7.24. The summed E-state index contributed by atoms with van der Waals surface area (Å²) in [5.74, 6) is 0.329. The van der Waals surface area contributed by atoms with E-state index in [9.17, 15) is 4.79 Å². The second-order valence-corrected chi connectivity index (χ2v) is 7.81. The second-order valence-electron chi connectivity index (χ2n) is 7.81. The lowest BCUT2D eigenvalue weighted by molar-refractivity contribution is -0.136. The highest BCUT2D eigenvalue weighted by molar-refractivity contribution is 5.78. The van der Waals surface area contributed by atoms with E-state index in [0.29, 0.717) is 18.5 Å². The molecule has 1 aliphatic rings. The normalized spacial score (nSPS) is 20.5. The summed E-state index contributed by atoms with van der Waals surface area (Å²) >= 11 is 0. The van der Waals surface area contributed by atoms with Crippen LogP contribution >= 0.6 is 0 Å². The Bertz CT molecular complexity index is 683. The molecule has 1 aliphatic heterocycles. The summed E-state index contributed by atoms with van der Waals surface area (Å²) in [5.41, 5.74) is 2.39. The van der Waals surface area contributed by atoms with Gasteiger partial charge in [0.15, 0.2) is 0 Å². The van der Waals surface area contributed by atoms with Gasteiger partial charge in [-0.25, -0.2) is 0 Å². The maximum atomic E-state index is 13.2. The molecule has 0 radical (unpaired) electrons. The molecule has 2 unspecified atom stereocenters. The maximum Gasteiger partial charge on any atom is 0.223 e. The average molecular weight is 381 g/mol. The van der Waals surface area contributed by atoms with E-state index in [1.165, 1.54) is 11.1 Å². The molecule has 0 spiro atoms. The van der Waals surface area contributed by atoms with Crippen LogP contribution in [-0.4, -0.2) is 61.1 Å². The molecule has 2 atom stereocenters. The van der Waals surface area contributed by atoms with Gasteiger partial charge in [-0.05, 0) is 25.0 Å². The number of hydrogen-bond donors (Lipinski definition) is 0. The Morgan fingerprint density at radius 1 is 0.964 bits per heavy atom. The fourth-order valence-corrected chi connectivity index (χ4v) is 4.30. The van der Waals surface area contributed by atoms with E-state index in [1.807, 2.05) is 12.1 Å². The smallest absolute Gasteiger partial charge is 0.223 e. The number of carbonyl (C=O) groups excluding carboxylic acids is 1. The number of benzene rings is 2. The molecule has 28 heavy (non-hydrogen) atoms. The van der Waals surface area contributed by atoms with Crippen molar-refractivity contribution in [2.75, 3.05) is 33.4 Å². The lowest BCUT2D eigenvalue weighted by Crippen LogP contribution is -2.58. The van der Waals surface area contributed by atoms with Crippen LogP contribution in [0.15, 0.2) is 60.7 Å². The molecule has 2 aromatic rings. The predicted molar refractivity (Wildman–Crippen MR) is 113 cm³/mol. The first-order valence-corrected chi connectivity index (χ1v) is 10.2. The SMILES string of the molecule is COCCN1C(C)CN(C(=O)CC(c2ccccc2)c2ccccc2)CC1C. The number of hydrogen-bond acceptors (Lipinski definition) is 3. The zero-order chi connectivity index (χ0) is 19.9. The summed E-state index contributed by atoms with van der Waals surface area (Å²) in [6, 6.07) is 21.4. The first-order valence-electron chi connectivity index (χ1n) is 10.2. The van der Waals surface area contributed by atoms with E-state index in [0.717, 1.165) is 26.2 Å². The number of amides is 1. The molecule has 1 saturated heterocycles. The number of rotatable bonds is 7. The second kappa shape index (κ2) is 9.85. The van der Waals surface area contributed by atoms with Gasteiger partial charge in [-0.15, -0.1) is 0 Å². The van der Waals surface area contributed by atoms with Gasteiger partial charge in [0.1, 0.15) is 0 Å². The van der Waals surface area contributed by atoms with Gasteiger partial charge in [-0.1, -0.05) is 60.7 Å². The van der Waals surface area contributed by atoms with E-state index in [-0.39, 0.29) is 11.8 Å². The molecule has 1 amide bonds. The van der Waals surface area contributed by atoms with Crippen molar-refractivity contribution in [3.63, 3.8) is 0 Å². The molecule has 3 rings (SSSR count). The van der Waals surface area contributed by atoms with Crippen molar-refractivity contribution >= 4 is 5.91 Å². The molecule has 1 heterocycles. The van der Waals surface area contributed by atoms with Gasteiger partial charge in [0.2, 0.25) is 5.91 Å². The van der Waals surface area contributed by atoms with E-state index >= 15 is 0 Å². The highest BCUT2D eigenvalue weighted by Gasteiger charge is 2.32. The quantitative estimate of drug-likeness (QED) is 0.733. The van der Waals surface area contributed by atoms with Crippen molar-refractivity contribution in [1.29, 1.82) is 0 Å². The minimum absolute atomic E-state index is 0.0898. The van der Waals surface area contributed by atoms with Crippen molar-refractivity contribution in [2.24, 2.45) is 0 Å². The van der Waals surface area contributed by atoms with Crippen molar-refractivity contribution in [2.45, 2.75) is 38.3 Å². The van der Waals surface area contributed by atoms with Crippen LogP contribution in [-0.2, 0) is 9.53 Å². The Morgan fingerprint density at radius 2 is 1.46 bits per heavy atom. The average Bonchev–Trinajstić information content (AvgIpc) is 2.72. The highest BCUT2D eigenvalue weighted by Crippen LogP contribution is 2.29. The van der Waals surface area contributed by atoms with Crippen LogP contribution in [0.4, 0.5) is 0 Å². The molecular weight excluding hydrogens is 348 g/mol. The number of nitrogens with zero attached hydrogens (tertiary/aromatic N) is 2. The summed E-state index contributed by atoms with van der Waals surface area (Å²) in [4.78, 5) is 17.7. The third-order valence-corrected chi connectivity index (χ3v) is 5.79. The molecule has 0 saturated carbocycles. The first-order chi connectivity index (χ1) is 13.6. The van der Waals surface area contributed by atoms with E-state index < -0.39 is 0 Å². The summed E-state index contributed by atoms with van der Waals surface area (Å²) in [5, 5.41) is 0. The number of piperazine rings is 1. The van der Waals surface area contributed by atoms with Crippen molar-refractivity contribution in [3.8, 4) is 0 Å². The highest BCUT2D eigenvalue weighted by atomic mass is 16.5. The first kappa shape index (κ1) is 20.6. The molecule has 0 aromatic heterocycles. The summed E-state index contributed by atoms with van der Waals surface area (Å²) < 4.78 is 5.24. The molecule has 2 aromatic carbocycles. The topological polar surface area (TPSA) is 32.8 Å². The fraction of sp³-hybridized carbons (Fsp3) is 0.458. The molecule has 0 bridgehead atoms. The van der Waals surface area contributed by atoms with E-state index in [1.54, 1.807) is 7.11 Å². The molecular formula is C24H32N2O2. The minimum atomic E-state index is 0.0898. The molecule has 4 heteroatoms. The lowest BCUT2D eigenvalue weighted by Gasteiger charge is -2.44. The van der Waals surface area contributed by atoms with E-state index in [2.05, 4.69) is 72.2 Å². The number of ether oxygens (including phenoxy) is 1. The van der Waals surface area contributed by atoms with E-state index in [4.69, 9.17) is 4.74 Å². The maximum absolute atomic E-state index is 13.2. The van der Waals surface area contributed by atoms with Gasteiger partial charge < -0.3 is 9.64 Å². The predicted octanol–water partition coefficient (Wildman–Crippen LogP) is 3.78.